The van der Waals surface area contributed by atoms with Gasteiger partial charge in [0.15, 0.2) is 5.41 Å². The Hall–Kier alpha value is -1.57. The van der Waals surface area contributed by atoms with E-state index >= 15 is 0 Å². The van der Waals surface area contributed by atoms with Gasteiger partial charge in [-0.05, 0) is 33.1 Å². The highest BCUT2D eigenvalue weighted by Gasteiger charge is 2.72. The number of hydrogen-bond donors (Lipinski definition) is 0. The van der Waals surface area contributed by atoms with Gasteiger partial charge in [-0.15, -0.1) is 0 Å². The minimum Gasteiger partial charge on any atom is -0.458 e. The van der Waals surface area contributed by atoms with Crippen molar-refractivity contribution in [2.75, 3.05) is 0 Å². The summed E-state index contributed by atoms with van der Waals surface area (Å²) < 4.78 is 11.0. The van der Waals surface area contributed by atoms with Gasteiger partial charge in [0.05, 0.1) is 11.5 Å². The summed E-state index contributed by atoms with van der Waals surface area (Å²) in [6.07, 6.45) is 1.12. The summed E-state index contributed by atoms with van der Waals surface area (Å²) >= 11 is 0. The van der Waals surface area contributed by atoms with Crippen LogP contribution in [0.25, 0.3) is 0 Å². The van der Waals surface area contributed by atoms with Crippen LogP contribution in [-0.4, -0.2) is 24.1 Å². The molecule has 5 heteroatoms. The molecule has 2 bridgehead atoms. The van der Waals surface area contributed by atoms with Gasteiger partial charge in [0, 0.05) is 11.8 Å². The second kappa shape index (κ2) is 3.97. The maximum atomic E-state index is 12.2. The fraction of sp³-hybridized carbons (Fsp3) is 0.800. The van der Waals surface area contributed by atoms with Crippen molar-refractivity contribution in [1.82, 2.24) is 0 Å². The van der Waals surface area contributed by atoms with Crippen molar-refractivity contribution in [3.63, 3.8) is 0 Å². The number of carbonyl (C=O) groups is 2. The molecule has 1 saturated heterocycles. The zero-order valence-corrected chi connectivity index (χ0v) is 12.0. The van der Waals surface area contributed by atoms with Crippen molar-refractivity contribution in [3.05, 3.63) is 0 Å². The smallest absolute Gasteiger partial charge is 0.327 e. The molecule has 2 aliphatic carbocycles. The summed E-state index contributed by atoms with van der Waals surface area (Å²) in [5.41, 5.74) is -1.50. The SMILES string of the molecule is CCC(C)(C)C(=O)OC1C2CC3C1OC(=O)C3(C#N)C2. The molecule has 5 atom stereocenters. The topological polar surface area (TPSA) is 76.4 Å². The summed E-state index contributed by atoms with van der Waals surface area (Å²) in [6.45, 7) is 5.64. The lowest BCUT2D eigenvalue weighted by Gasteiger charge is -2.30. The summed E-state index contributed by atoms with van der Waals surface area (Å²) in [5.74, 6) is -0.700. The predicted octanol–water partition coefficient (Wildman–Crippen LogP) is 1.81. The minimum atomic E-state index is -0.974. The Balaban J connectivity index is 1.80. The Labute approximate surface area is 118 Å². The Morgan fingerprint density at radius 1 is 1.60 bits per heavy atom. The monoisotopic (exact) mass is 277 g/mol. The predicted molar refractivity (Wildman–Crippen MR) is 68.1 cm³/mol. The number of hydrogen-bond acceptors (Lipinski definition) is 5. The number of fused-ring (bicyclic) bond motifs is 1. The van der Waals surface area contributed by atoms with Crippen molar-refractivity contribution in [2.24, 2.45) is 22.7 Å². The van der Waals surface area contributed by atoms with Crippen LogP contribution in [0.15, 0.2) is 0 Å². The van der Waals surface area contributed by atoms with E-state index < -0.39 is 22.9 Å². The van der Waals surface area contributed by atoms with Crippen molar-refractivity contribution >= 4 is 11.9 Å². The van der Waals surface area contributed by atoms with E-state index in [1.54, 1.807) is 0 Å². The van der Waals surface area contributed by atoms with Crippen LogP contribution in [0.1, 0.15) is 40.0 Å². The average Bonchev–Trinajstić information content (AvgIpc) is 3.00. The van der Waals surface area contributed by atoms with Gasteiger partial charge in [-0.1, -0.05) is 6.92 Å². The molecule has 5 unspecified atom stereocenters. The molecule has 0 N–H and O–H groups in total. The van der Waals surface area contributed by atoms with Crippen LogP contribution < -0.4 is 0 Å². The van der Waals surface area contributed by atoms with Gasteiger partial charge >= 0.3 is 11.9 Å². The Morgan fingerprint density at radius 3 is 2.90 bits per heavy atom. The van der Waals surface area contributed by atoms with Gasteiger partial charge in [-0.2, -0.15) is 5.26 Å². The van der Waals surface area contributed by atoms with E-state index in [-0.39, 0.29) is 23.9 Å². The number of esters is 2. The summed E-state index contributed by atoms with van der Waals surface area (Å²) in [7, 11) is 0. The third-order valence-electron chi connectivity index (χ3n) is 5.45. The molecule has 108 valence electrons. The lowest BCUT2D eigenvalue weighted by molar-refractivity contribution is -0.170. The van der Waals surface area contributed by atoms with Crippen molar-refractivity contribution < 1.29 is 19.1 Å². The highest BCUT2D eigenvalue weighted by Crippen LogP contribution is 2.62. The largest absolute Gasteiger partial charge is 0.458 e. The van der Waals surface area contributed by atoms with E-state index in [4.69, 9.17) is 9.47 Å². The van der Waals surface area contributed by atoms with E-state index in [2.05, 4.69) is 6.07 Å². The third-order valence-corrected chi connectivity index (χ3v) is 5.45. The molecule has 20 heavy (non-hydrogen) atoms. The molecule has 3 fully saturated rings. The quantitative estimate of drug-likeness (QED) is 0.735. The lowest BCUT2D eigenvalue weighted by atomic mass is 9.74. The van der Waals surface area contributed by atoms with Gasteiger partial charge in [0.2, 0.25) is 0 Å². The van der Waals surface area contributed by atoms with Crippen molar-refractivity contribution in [1.29, 1.82) is 5.26 Å². The second-order valence-corrected chi connectivity index (χ2v) is 6.87. The summed E-state index contributed by atoms with van der Waals surface area (Å²) in [5, 5.41) is 9.31. The Morgan fingerprint density at radius 2 is 2.30 bits per heavy atom. The minimum absolute atomic E-state index is 0.0766. The van der Waals surface area contributed by atoms with Crippen molar-refractivity contribution in [2.45, 2.75) is 52.2 Å². The fourth-order valence-corrected chi connectivity index (χ4v) is 3.72. The first-order valence-corrected chi connectivity index (χ1v) is 7.19. The maximum Gasteiger partial charge on any atom is 0.327 e. The van der Waals surface area contributed by atoms with E-state index in [0.29, 0.717) is 12.8 Å². The highest BCUT2D eigenvalue weighted by atomic mass is 16.6. The van der Waals surface area contributed by atoms with Crippen LogP contribution in [-0.2, 0) is 19.1 Å². The van der Waals surface area contributed by atoms with Crippen LogP contribution in [0, 0.1) is 34.0 Å². The van der Waals surface area contributed by atoms with Gasteiger partial charge in [0.25, 0.3) is 0 Å². The lowest BCUT2D eigenvalue weighted by Crippen LogP contribution is -2.42. The van der Waals surface area contributed by atoms with E-state index in [1.165, 1.54) is 0 Å². The third kappa shape index (κ3) is 1.48. The second-order valence-electron chi connectivity index (χ2n) is 6.87. The van der Waals surface area contributed by atoms with Crippen molar-refractivity contribution in [3.8, 4) is 6.07 Å². The van der Waals surface area contributed by atoms with Crippen LogP contribution in [0.2, 0.25) is 0 Å². The molecule has 0 aromatic rings. The molecule has 0 spiro atoms. The molecule has 5 nitrogen and oxygen atoms in total. The molecule has 3 aliphatic rings. The first-order chi connectivity index (χ1) is 9.35. The summed E-state index contributed by atoms with van der Waals surface area (Å²) in [6, 6.07) is 2.15. The average molecular weight is 277 g/mol. The first kappa shape index (κ1) is 13.4. The zero-order valence-electron chi connectivity index (χ0n) is 12.0. The molecule has 0 aromatic heterocycles. The van der Waals surface area contributed by atoms with E-state index in [1.807, 2.05) is 20.8 Å². The fourth-order valence-electron chi connectivity index (χ4n) is 3.72. The molecule has 3 rings (SSSR count). The molecule has 0 aromatic carbocycles. The van der Waals surface area contributed by atoms with Crippen LogP contribution >= 0.6 is 0 Å². The molecular formula is C15H19NO4. The number of nitrogens with zero attached hydrogens (tertiary/aromatic N) is 1. The Bertz CT molecular complexity index is 520. The van der Waals surface area contributed by atoms with Crippen LogP contribution in [0.5, 0.6) is 0 Å². The molecule has 1 aliphatic heterocycles. The van der Waals surface area contributed by atoms with Crippen LogP contribution in [0.4, 0.5) is 0 Å². The van der Waals surface area contributed by atoms with Gasteiger partial charge in [-0.25, -0.2) is 0 Å². The normalized spacial score (nSPS) is 41.4. The van der Waals surface area contributed by atoms with Gasteiger partial charge in [-0.3, -0.25) is 9.59 Å². The molecule has 0 amide bonds. The van der Waals surface area contributed by atoms with Gasteiger partial charge in [0.1, 0.15) is 12.2 Å². The molecule has 2 saturated carbocycles. The number of nitriles is 1. The number of ether oxygens (including phenoxy) is 2. The number of carbonyl (C=O) groups excluding carboxylic acids is 2. The van der Waals surface area contributed by atoms with E-state index in [0.717, 1.165) is 6.42 Å². The summed E-state index contributed by atoms with van der Waals surface area (Å²) in [4.78, 5) is 24.2. The maximum absolute atomic E-state index is 12.2. The standard InChI is InChI=1S/C15H19NO4/c1-4-14(2,3)12(17)19-10-8-5-9-11(10)20-13(18)15(9,6-8)7-16/h8-11H,4-6H2,1-3H3. The van der Waals surface area contributed by atoms with Crippen LogP contribution in [0.3, 0.4) is 0 Å². The highest BCUT2D eigenvalue weighted by molar-refractivity contribution is 5.84. The molecular weight excluding hydrogens is 258 g/mol. The van der Waals surface area contributed by atoms with Gasteiger partial charge < -0.3 is 9.47 Å². The zero-order chi connectivity index (χ0) is 14.7. The Kier molecular flexibility index (Phi) is 2.66. The van der Waals surface area contributed by atoms with E-state index in [9.17, 15) is 14.9 Å². The molecule has 0 radical (unpaired) electrons. The molecule has 1 heterocycles. The number of rotatable bonds is 3. The first-order valence-electron chi connectivity index (χ1n) is 7.19.